The molecule has 0 saturated carbocycles. The van der Waals surface area contributed by atoms with E-state index < -0.39 is 6.23 Å². The van der Waals surface area contributed by atoms with Gasteiger partial charge in [-0.15, -0.1) is 0 Å². The van der Waals surface area contributed by atoms with E-state index in [0.29, 0.717) is 6.54 Å². The van der Waals surface area contributed by atoms with Crippen molar-refractivity contribution in [3.05, 3.63) is 29.8 Å². The molecule has 0 aliphatic rings. The molecule has 1 rings (SSSR count). The number of hydrogen-bond acceptors (Lipinski definition) is 3. The molecule has 1 aromatic carbocycles. The van der Waals surface area contributed by atoms with Crippen molar-refractivity contribution in [1.82, 2.24) is 5.32 Å². The van der Waals surface area contributed by atoms with Crippen molar-refractivity contribution in [2.24, 2.45) is 0 Å². The lowest BCUT2D eigenvalue weighted by atomic mass is 10.2. The number of nitrogens with one attached hydrogen (secondary N) is 1. The summed E-state index contributed by atoms with van der Waals surface area (Å²) in [5.41, 5.74) is 0.955. The molecule has 1 atom stereocenters. The van der Waals surface area contributed by atoms with E-state index in [0.717, 1.165) is 5.56 Å². The monoisotopic (exact) mass is 167 g/mol. The van der Waals surface area contributed by atoms with Gasteiger partial charge in [0, 0.05) is 6.54 Å². The van der Waals surface area contributed by atoms with Crippen molar-refractivity contribution >= 4 is 0 Å². The van der Waals surface area contributed by atoms with Gasteiger partial charge in [-0.05, 0) is 24.6 Å². The number of aliphatic hydroxyl groups is 1. The van der Waals surface area contributed by atoms with E-state index in [-0.39, 0.29) is 5.75 Å². The molecule has 1 aromatic rings. The minimum absolute atomic E-state index is 0.250. The Bertz CT molecular complexity index is 248. The lowest BCUT2D eigenvalue weighted by molar-refractivity contribution is 0.155. The van der Waals surface area contributed by atoms with E-state index in [1.54, 1.807) is 25.1 Å². The predicted octanol–water partition coefficient (Wildman–Crippen LogP) is 0.820. The maximum absolute atomic E-state index is 9.09. The van der Waals surface area contributed by atoms with E-state index in [9.17, 15) is 0 Å². The maximum atomic E-state index is 9.09. The van der Waals surface area contributed by atoms with Crippen molar-refractivity contribution in [2.45, 2.75) is 19.7 Å². The third-order valence-electron chi connectivity index (χ3n) is 1.51. The first kappa shape index (κ1) is 9.03. The van der Waals surface area contributed by atoms with Crippen molar-refractivity contribution in [1.29, 1.82) is 0 Å². The van der Waals surface area contributed by atoms with E-state index in [1.165, 1.54) is 0 Å². The van der Waals surface area contributed by atoms with Gasteiger partial charge in [-0.1, -0.05) is 12.1 Å². The van der Waals surface area contributed by atoms with Crippen LogP contribution in [0.15, 0.2) is 24.3 Å². The first-order valence-corrected chi connectivity index (χ1v) is 3.88. The van der Waals surface area contributed by atoms with Crippen LogP contribution < -0.4 is 5.32 Å². The van der Waals surface area contributed by atoms with Gasteiger partial charge in [-0.25, -0.2) is 0 Å². The molecule has 66 valence electrons. The van der Waals surface area contributed by atoms with Gasteiger partial charge in [0.25, 0.3) is 0 Å². The highest BCUT2D eigenvalue weighted by atomic mass is 16.3. The summed E-state index contributed by atoms with van der Waals surface area (Å²) in [7, 11) is 0. The molecule has 0 amide bonds. The van der Waals surface area contributed by atoms with Gasteiger partial charge in [0.1, 0.15) is 12.0 Å². The molecule has 0 saturated heterocycles. The Kier molecular flexibility index (Phi) is 3.08. The topological polar surface area (TPSA) is 52.5 Å². The normalized spacial score (nSPS) is 12.8. The SMILES string of the molecule is C[C@@H](O)NCc1cccc(O)c1. The van der Waals surface area contributed by atoms with Gasteiger partial charge >= 0.3 is 0 Å². The van der Waals surface area contributed by atoms with Gasteiger partial charge in [-0.2, -0.15) is 0 Å². The number of aliphatic hydroxyl groups excluding tert-OH is 1. The smallest absolute Gasteiger partial charge is 0.115 e. The maximum Gasteiger partial charge on any atom is 0.115 e. The van der Waals surface area contributed by atoms with Crippen LogP contribution in [0.25, 0.3) is 0 Å². The number of phenols is 1. The summed E-state index contributed by atoms with van der Waals surface area (Å²) >= 11 is 0. The number of rotatable bonds is 3. The second-order valence-corrected chi connectivity index (χ2v) is 2.73. The lowest BCUT2D eigenvalue weighted by Crippen LogP contribution is -2.24. The van der Waals surface area contributed by atoms with Crippen LogP contribution in [0.1, 0.15) is 12.5 Å². The van der Waals surface area contributed by atoms with E-state index in [1.807, 2.05) is 6.07 Å². The van der Waals surface area contributed by atoms with E-state index >= 15 is 0 Å². The average Bonchev–Trinajstić information content (AvgIpc) is 2.01. The third kappa shape index (κ3) is 2.90. The first-order valence-electron chi connectivity index (χ1n) is 3.88. The molecule has 0 aromatic heterocycles. The van der Waals surface area contributed by atoms with E-state index in [4.69, 9.17) is 10.2 Å². The molecule has 0 fully saturated rings. The fourth-order valence-electron chi connectivity index (χ4n) is 0.932. The van der Waals surface area contributed by atoms with Gasteiger partial charge in [0.2, 0.25) is 0 Å². The van der Waals surface area contributed by atoms with Crippen LogP contribution in [0.3, 0.4) is 0 Å². The van der Waals surface area contributed by atoms with Crippen molar-refractivity contribution in [3.63, 3.8) is 0 Å². The van der Waals surface area contributed by atoms with Crippen LogP contribution >= 0.6 is 0 Å². The molecular weight excluding hydrogens is 154 g/mol. The zero-order chi connectivity index (χ0) is 8.97. The van der Waals surface area contributed by atoms with Crippen LogP contribution in [0.2, 0.25) is 0 Å². The highest BCUT2D eigenvalue weighted by Gasteiger charge is 1.96. The highest BCUT2D eigenvalue weighted by Crippen LogP contribution is 2.10. The van der Waals surface area contributed by atoms with Crippen molar-refractivity contribution in [2.75, 3.05) is 0 Å². The van der Waals surface area contributed by atoms with Crippen LogP contribution in [0.5, 0.6) is 5.75 Å². The van der Waals surface area contributed by atoms with E-state index in [2.05, 4.69) is 5.32 Å². The molecule has 0 heterocycles. The quantitative estimate of drug-likeness (QED) is 0.584. The Morgan fingerprint density at radius 1 is 1.50 bits per heavy atom. The average molecular weight is 167 g/mol. The summed E-state index contributed by atoms with van der Waals surface area (Å²) in [4.78, 5) is 0. The van der Waals surface area contributed by atoms with Gasteiger partial charge in [-0.3, -0.25) is 5.32 Å². The molecule has 0 aliphatic heterocycles. The standard InChI is InChI=1S/C9H13NO2/c1-7(11)10-6-8-3-2-4-9(12)5-8/h2-5,7,10-12H,6H2,1H3/t7-/m1/s1. The second kappa shape index (κ2) is 4.09. The Morgan fingerprint density at radius 2 is 2.25 bits per heavy atom. The second-order valence-electron chi connectivity index (χ2n) is 2.73. The van der Waals surface area contributed by atoms with Crippen LogP contribution in [0.4, 0.5) is 0 Å². The molecule has 0 bridgehead atoms. The van der Waals surface area contributed by atoms with Crippen LogP contribution in [-0.4, -0.2) is 16.4 Å². The Morgan fingerprint density at radius 3 is 2.83 bits per heavy atom. The minimum Gasteiger partial charge on any atom is -0.508 e. The summed E-state index contributed by atoms with van der Waals surface area (Å²) < 4.78 is 0. The molecule has 12 heavy (non-hydrogen) atoms. The number of aromatic hydroxyl groups is 1. The Balaban J connectivity index is 2.52. The first-order chi connectivity index (χ1) is 5.68. The van der Waals surface area contributed by atoms with Crippen molar-refractivity contribution in [3.8, 4) is 5.75 Å². The minimum atomic E-state index is -0.521. The zero-order valence-corrected chi connectivity index (χ0v) is 6.99. The number of hydrogen-bond donors (Lipinski definition) is 3. The molecule has 3 N–H and O–H groups in total. The molecular formula is C9H13NO2. The molecule has 3 nitrogen and oxygen atoms in total. The molecule has 0 spiro atoms. The number of benzene rings is 1. The molecule has 0 aliphatic carbocycles. The van der Waals surface area contributed by atoms with Gasteiger partial charge < -0.3 is 10.2 Å². The Hall–Kier alpha value is -1.06. The summed E-state index contributed by atoms with van der Waals surface area (Å²) in [6, 6.07) is 6.94. The summed E-state index contributed by atoms with van der Waals surface area (Å²) in [6.45, 7) is 2.22. The largest absolute Gasteiger partial charge is 0.508 e. The molecule has 3 heteroatoms. The van der Waals surface area contributed by atoms with Crippen molar-refractivity contribution < 1.29 is 10.2 Å². The van der Waals surface area contributed by atoms with Crippen LogP contribution in [-0.2, 0) is 6.54 Å². The third-order valence-corrected chi connectivity index (χ3v) is 1.51. The fourth-order valence-corrected chi connectivity index (χ4v) is 0.932. The molecule has 0 radical (unpaired) electrons. The highest BCUT2D eigenvalue weighted by molar-refractivity contribution is 5.26. The zero-order valence-electron chi connectivity index (χ0n) is 6.99. The van der Waals surface area contributed by atoms with Crippen LogP contribution in [0, 0.1) is 0 Å². The molecule has 0 unspecified atom stereocenters. The lowest BCUT2D eigenvalue weighted by Gasteiger charge is -2.06. The summed E-state index contributed by atoms with van der Waals surface area (Å²) in [5.74, 6) is 0.250. The van der Waals surface area contributed by atoms with Gasteiger partial charge in [0.05, 0.1) is 0 Å². The van der Waals surface area contributed by atoms with Gasteiger partial charge in [0.15, 0.2) is 0 Å². The predicted molar refractivity (Wildman–Crippen MR) is 46.6 cm³/mol. The fraction of sp³-hybridized carbons (Fsp3) is 0.333. The summed E-state index contributed by atoms with van der Waals surface area (Å²) in [5, 5.41) is 20.8. The number of phenolic OH excluding ortho intramolecular Hbond substituents is 1. The summed E-state index contributed by atoms with van der Waals surface area (Å²) in [6.07, 6.45) is -0.521. The Labute approximate surface area is 71.7 Å².